The second-order valence-electron chi connectivity index (χ2n) is 4.15. The van der Waals surface area contributed by atoms with E-state index in [0.29, 0.717) is 6.04 Å². The third-order valence-corrected chi connectivity index (χ3v) is 3.67. The number of hydrogen-bond donors (Lipinski definition) is 1. The highest BCUT2D eigenvalue weighted by molar-refractivity contribution is 9.10. The van der Waals surface area contributed by atoms with Gasteiger partial charge < -0.3 is 14.6 Å². The van der Waals surface area contributed by atoms with Gasteiger partial charge in [-0.15, -0.1) is 0 Å². The molecule has 84 valence electrons. The third kappa shape index (κ3) is 3.06. The van der Waals surface area contributed by atoms with Crippen molar-refractivity contribution in [2.24, 2.45) is 0 Å². The van der Waals surface area contributed by atoms with Gasteiger partial charge in [0.05, 0.1) is 17.3 Å². The van der Waals surface area contributed by atoms with Gasteiger partial charge in [-0.1, -0.05) is 0 Å². The highest BCUT2D eigenvalue weighted by Crippen LogP contribution is 2.18. The summed E-state index contributed by atoms with van der Waals surface area (Å²) in [4.78, 5) is 2.38. The lowest BCUT2D eigenvalue weighted by molar-refractivity contribution is 0.231. The summed E-state index contributed by atoms with van der Waals surface area (Å²) in [5.41, 5.74) is 0. The van der Waals surface area contributed by atoms with Crippen LogP contribution in [0.25, 0.3) is 0 Å². The Labute approximate surface area is 99.0 Å². The third-order valence-electron chi connectivity index (χ3n) is 2.96. The van der Waals surface area contributed by atoms with Gasteiger partial charge in [0.25, 0.3) is 0 Å². The van der Waals surface area contributed by atoms with Crippen LogP contribution in [0.5, 0.6) is 0 Å². The molecular weight excluding hydrogens is 256 g/mol. The smallest absolute Gasteiger partial charge is 0.131 e. The lowest BCUT2D eigenvalue weighted by Crippen LogP contribution is -2.40. The Balaban J connectivity index is 1.77. The van der Waals surface area contributed by atoms with Crippen molar-refractivity contribution in [2.45, 2.75) is 25.4 Å². The SMILES string of the molecule is CN1CCC(NCc2occc2Br)CC1. The van der Waals surface area contributed by atoms with Gasteiger partial charge in [0, 0.05) is 6.04 Å². The van der Waals surface area contributed by atoms with Crippen molar-refractivity contribution < 1.29 is 4.42 Å². The molecule has 1 aromatic rings. The second kappa shape index (κ2) is 5.14. The maximum atomic E-state index is 5.36. The van der Waals surface area contributed by atoms with Crippen LogP contribution in [-0.2, 0) is 6.54 Å². The van der Waals surface area contributed by atoms with E-state index in [0.717, 1.165) is 16.8 Å². The Bertz CT molecular complexity index is 305. The predicted octanol–water partition coefficient (Wildman–Crippen LogP) is 2.23. The number of furan rings is 1. The predicted molar refractivity (Wildman–Crippen MR) is 63.8 cm³/mol. The second-order valence-corrected chi connectivity index (χ2v) is 5.00. The molecule has 2 heterocycles. The topological polar surface area (TPSA) is 28.4 Å². The Kier molecular flexibility index (Phi) is 3.83. The summed E-state index contributed by atoms with van der Waals surface area (Å²) >= 11 is 3.46. The monoisotopic (exact) mass is 272 g/mol. The van der Waals surface area contributed by atoms with Gasteiger partial charge in [0.15, 0.2) is 0 Å². The summed E-state index contributed by atoms with van der Waals surface area (Å²) in [6, 6.07) is 2.57. The van der Waals surface area contributed by atoms with Crippen LogP contribution in [0.3, 0.4) is 0 Å². The molecule has 0 radical (unpaired) electrons. The van der Waals surface area contributed by atoms with Crippen molar-refractivity contribution in [3.63, 3.8) is 0 Å². The zero-order valence-corrected chi connectivity index (χ0v) is 10.6. The molecule has 0 amide bonds. The van der Waals surface area contributed by atoms with Crippen molar-refractivity contribution in [1.82, 2.24) is 10.2 Å². The normalized spacial score (nSPS) is 19.6. The van der Waals surface area contributed by atoms with Crippen LogP contribution >= 0.6 is 15.9 Å². The number of piperidine rings is 1. The molecule has 0 aromatic carbocycles. The first-order chi connectivity index (χ1) is 7.25. The number of halogens is 1. The van der Waals surface area contributed by atoms with Gasteiger partial charge >= 0.3 is 0 Å². The summed E-state index contributed by atoms with van der Waals surface area (Å²) in [7, 11) is 2.18. The Hall–Kier alpha value is -0.320. The molecule has 1 aromatic heterocycles. The molecule has 0 bridgehead atoms. The number of nitrogens with zero attached hydrogens (tertiary/aromatic N) is 1. The average Bonchev–Trinajstić information content (AvgIpc) is 2.63. The Morgan fingerprint density at radius 3 is 2.87 bits per heavy atom. The van der Waals surface area contributed by atoms with Gasteiger partial charge in [-0.05, 0) is 55.0 Å². The van der Waals surface area contributed by atoms with E-state index in [4.69, 9.17) is 4.42 Å². The quantitative estimate of drug-likeness (QED) is 0.915. The minimum Gasteiger partial charge on any atom is -0.467 e. The molecule has 0 unspecified atom stereocenters. The highest BCUT2D eigenvalue weighted by atomic mass is 79.9. The number of nitrogens with one attached hydrogen (secondary N) is 1. The number of rotatable bonds is 3. The van der Waals surface area contributed by atoms with Crippen LogP contribution in [0.15, 0.2) is 21.2 Å². The van der Waals surface area contributed by atoms with E-state index in [1.807, 2.05) is 6.07 Å². The maximum Gasteiger partial charge on any atom is 0.131 e. The molecule has 1 fully saturated rings. The fourth-order valence-electron chi connectivity index (χ4n) is 1.90. The van der Waals surface area contributed by atoms with Gasteiger partial charge in [-0.3, -0.25) is 0 Å². The first-order valence-corrected chi connectivity index (χ1v) is 6.19. The number of likely N-dealkylation sites (tertiary alicyclic amines) is 1. The van der Waals surface area contributed by atoms with E-state index < -0.39 is 0 Å². The van der Waals surface area contributed by atoms with Gasteiger partial charge in [-0.25, -0.2) is 0 Å². The van der Waals surface area contributed by atoms with Crippen molar-refractivity contribution in [2.75, 3.05) is 20.1 Å². The highest BCUT2D eigenvalue weighted by Gasteiger charge is 2.16. The molecule has 0 spiro atoms. The van der Waals surface area contributed by atoms with E-state index in [1.54, 1.807) is 6.26 Å². The van der Waals surface area contributed by atoms with Crippen LogP contribution in [0.4, 0.5) is 0 Å². The molecule has 1 N–H and O–H groups in total. The molecule has 3 nitrogen and oxygen atoms in total. The molecule has 15 heavy (non-hydrogen) atoms. The molecule has 2 rings (SSSR count). The van der Waals surface area contributed by atoms with Crippen LogP contribution in [0, 0.1) is 0 Å². The summed E-state index contributed by atoms with van der Waals surface area (Å²) in [6.07, 6.45) is 4.18. The molecule has 0 aliphatic carbocycles. The molecule has 1 saturated heterocycles. The number of hydrogen-bond acceptors (Lipinski definition) is 3. The molecule has 4 heteroatoms. The van der Waals surface area contributed by atoms with Crippen LogP contribution in [0.2, 0.25) is 0 Å². The van der Waals surface area contributed by atoms with E-state index in [-0.39, 0.29) is 0 Å². The largest absolute Gasteiger partial charge is 0.467 e. The zero-order chi connectivity index (χ0) is 10.7. The van der Waals surface area contributed by atoms with Gasteiger partial charge in [0.2, 0.25) is 0 Å². The summed E-state index contributed by atoms with van der Waals surface area (Å²) in [5.74, 6) is 0.994. The first kappa shape index (κ1) is 11.2. The van der Waals surface area contributed by atoms with Crippen molar-refractivity contribution >= 4 is 15.9 Å². The summed E-state index contributed by atoms with van der Waals surface area (Å²) in [5, 5.41) is 3.53. The summed E-state index contributed by atoms with van der Waals surface area (Å²) < 4.78 is 6.41. The van der Waals surface area contributed by atoms with Crippen molar-refractivity contribution in [3.8, 4) is 0 Å². The molecule has 0 saturated carbocycles. The zero-order valence-electron chi connectivity index (χ0n) is 9.00. The Morgan fingerprint density at radius 1 is 1.53 bits per heavy atom. The van der Waals surface area contributed by atoms with Gasteiger partial charge in [-0.2, -0.15) is 0 Å². The van der Waals surface area contributed by atoms with Crippen molar-refractivity contribution in [1.29, 1.82) is 0 Å². The fraction of sp³-hybridized carbons (Fsp3) is 0.636. The van der Waals surface area contributed by atoms with E-state index in [2.05, 4.69) is 33.2 Å². The van der Waals surface area contributed by atoms with Crippen LogP contribution in [0.1, 0.15) is 18.6 Å². The van der Waals surface area contributed by atoms with Gasteiger partial charge in [0.1, 0.15) is 5.76 Å². The molecular formula is C11H17BrN2O. The van der Waals surface area contributed by atoms with E-state index >= 15 is 0 Å². The van der Waals surface area contributed by atoms with Crippen LogP contribution in [-0.4, -0.2) is 31.1 Å². The summed E-state index contributed by atoms with van der Waals surface area (Å²) in [6.45, 7) is 3.20. The van der Waals surface area contributed by atoms with E-state index in [9.17, 15) is 0 Å². The minimum absolute atomic E-state index is 0.637. The van der Waals surface area contributed by atoms with E-state index in [1.165, 1.54) is 25.9 Å². The minimum atomic E-state index is 0.637. The molecule has 1 aliphatic heterocycles. The molecule has 1 aliphatic rings. The average molecular weight is 273 g/mol. The fourth-order valence-corrected chi connectivity index (χ4v) is 2.24. The van der Waals surface area contributed by atoms with Crippen molar-refractivity contribution in [3.05, 3.63) is 22.6 Å². The first-order valence-electron chi connectivity index (χ1n) is 5.39. The van der Waals surface area contributed by atoms with Crippen LogP contribution < -0.4 is 5.32 Å². The lowest BCUT2D eigenvalue weighted by Gasteiger charge is -2.29. The standard InChI is InChI=1S/C11H17BrN2O/c1-14-5-2-9(3-6-14)13-8-11-10(12)4-7-15-11/h4,7,9,13H,2-3,5-6,8H2,1H3. The Morgan fingerprint density at radius 2 is 2.27 bits per heavy atom. The maximum absolute atomic E-state index is 5.36. The molecule has 0 atom stereocenters. The lowest BCUT2D eigenvalue weighted by atomic mass is 10.1.